The normalized spacial score (nSPS) is 13.7. The maximum absolute atomic E-state index is 12.8. The van der Waals surface area contributed by atoms with Gasteiger partial charge in [0.1, 0.15) is 17.2 Å². The first kappa shape index (κ1) is 19.5. The molecule has 0 saturated heterocycles. The molecule has 0 saturated carbocycles. The Labute approximate surface area is 174 Å². The predicted molar refractivity (Wildman–Crippen MR) is 113 cm³/mol. The van der Waals surface area contributed by atoms with Crippen molar-refractivity contribution >= 4 is 17.8 Å². The lowest BCUT2D eigenvalue weighted by Gasteiger charge is -2.09. The lowest BCUT2D eigenvalue weighted by Crippen LogP contribution is -2.10. The third-order valence-electron chi connectivity index (χ3n) is 4.93. The first-order chi connectivity index (χ1) is 14.5. The van der Waals surface area contributed by atoms with Crippen LogP contribution >= 0.6 is 0 Å². The molecule has 1 heterocycles. The lowest BCUT2D eigenvalue weighted by molar-refractivity contribution is 0.0733. The van der Waals surface area contributed by atoms with Gasteiger partial charge in [-0.25, -0.2) is 4.79 Å². The molecule has 30 heavy (non-hydrogen) atoms. The number of aryl methyl sites for hydroxylation is 2. The number of carbonyl (C=O) groups is 2. The van der Waals surface area contributed by atoms with E-state index in [2.05, 4.69) is 0 Å². The number of fused-ring (bicyclic) bond motifs is 1. The molecule has 0 radical (unpaired) electrons. The lowest BCUT2D eigenvalue weighted by atomic mass is 10.0. The van der Waals surface area contributed by atoms with Gasteiger partial charge in [-0.05, 0) is 60.9 Å². The van der Waals surface area contributed by atoms with Crippen molar-refractivity contribution in [2.24, 2.45) is 0 Å². The fourth-order valence-corrected chi connectivity index (χ4v) is 3.35. The van der Waals surface area contributed by atoms with Crippen LogP contribution in [-0.2, 0) is 0 Å². The minimum Gasteiger partial charge on any atom is -0.497 e. The topological polar surface area (TPSA) is 61.8 Å². The van der Waals surface area contributed by atoms with Crippen LogP contribution in [0.4, 0.5) is 0 Å². The molecule has 4 rings (SSSR count). The van der Waals surface area contributed by atoms with Crippen LogP contribution in [0.25, 0.3) is 6.08 Å². The van der Waals surface area contributed by atoms with Crippen LogP contribution in [0.1, 0.15) is 37.4 Å². The van der Waals surface area contributed by atoms with Crippen LogP contribution in [0.2, 0.25) is 0 Å². The molecule has 0 aliphatic carbocycles. The van der Waals surface area contributed by atoms with Gasteiger partial charge in [0.25, 0.3) is 0 Å². The summed E-state index contributed by atoms with van der Waals surface area (Å²) in [6, 6.07) is 17.8. The number of benzene rings is 3. The molecule has 150 valence electrons. The van der Waals surface area contributed by atoms with E-state index in [4.69, 9.17) is 14.2 Å². The van der Waals surface area contributed by atoms with Crippen LogP contribution < -0.4 is 14.2 Å². The van der Waals surface area contributed by atoms with Crippen molar-refractivity contribution < 1.29 is 23.8 Å². The number of hydrogen-bond acceptors (Lipinski definition) is 5. The minimum atomic E-state index is -0.453. The second-order valence-corrected chi connectivity index (χ2v) is 7.03. The molecule has 5 heteroatoms. The van der Waals surface area contributed by atoms with Crippen LogP contribution in [-0.4, -0.2) is 18.9 Å². The first-order valence-electron chi connectivity index (χ1n) is 9.47. The summed E-state index contributed by atoms with van der Waals surface area (Å²) in [6.07, 6.45) is 1.68. The standard InChI is InChI=1S/C25H20O5/c1-15-6-4-5-7-20(15)25(27)29-19-12-16(2)23-21(14-19)30-22(24(23)26)13-17-8-10-18(28-3)11-9-17/h4-14H,1-3H3/b22-13-. The Kier molecular flexibility index (Phi) is 5.11. The molecule has 0 fully saturated rings. The third-order valence-corrected chi connectivity index (χ3v) is 4.93. The maximum Gasteiger partial charge on any atom is 0.343 e. The summed E-state index contributed by atoms with van der Waals surface area (Å²) in [7, 11) is 1.60. The van der Waals surface area contributed by atoms with Gasteiger partial charge in [0.15, 0.2) is 5.76 Å². The first-order valence-corrected chi connectivity index (χ1v) is 9.47. The van der Waals surface area contributed by atoms with Crippen LogP contribution in [0.3, 0.4) is 0 Å². The highest BCUT2D eigenvalue weighted by molar-refractivity contribution is 6.15. The summed E-state index contributed by atoms with van der Waals surface area (Å²) >= 11 is 0. The van der Waals surface area contributed by atoms with Crippen molar-refractivity contribution in [1.29, 1.82) is 0 Å². The average Bonchev–Trinajstić information content (AvgIpc) is 3.04. The molecular formula is C25H20O5. The number of Topliss-reactive ketones (excluding diaryl/α,β-unsaturated/α-hetero) is 1. The molecule has 0 atom stereocenters. The Morgan fingerprint density at radius 2 is 1.67 bits per heavy atom. The number of rotatable bonds is 4. The highest BCUT2D eigenvalue weighted by Crippen LogP contribution is 2.37. The Balaban J connectivity index is 1.60. The zero-order chi connectivity index (χ0) is 21.3. The van der Waals surface area contributed by atoms with E-state index in [1.54, 1.807) is 44.4 Å². The molecule has 1 aliphatic heterocycles. The Morgan fingerprint density at radius 1 is 0.933 bits per heavy atom. The van der Waals surface area contributed by atoms with Gasteiger partial charge in [0.05, 0.1) is 18.2 Å². The Bertz CT molecular complexity index is 1170. The van der Waals surface area contributed by atoms with E-state index < -0.39 is 5.97 Å². The number of esters is 1. The molecule has 5 nitrogen and oxygen atoms in total. The predicted octanol–water partition coefficient (Wildman–Crippen LogP) is 5.15. The van der Waals surface area contributed by atoms with Crippen molar-refractivity contribution in [3.63, 3.8) is 0 Å². The van der Waals surface area contributed by atoms with E-state index in [1.165, 1.54) is 0 Å². The van der Waals surface area contributed by atoms with E-state index in [-0.39, 0.29) is 11.5 Å². The SMILES string of the molecule is COc1ccc(/C=C2\Oc3cc(OC(=O)c4ccccc4C)cc(C)c3C2=O)cc1. The fourth-order valence-electron chi connectivity index (χ4n) is 3.35. The van der Waals surface area contributed by atoms with Crippen LogP contribution in [0, 0.1) is 13.8 Å². The largest absolute Gasteiger partial charge is 0.497 e. The van der Waals surface area contributed by atoms with Gasteiger partial charge in [0.2, 0.25) is 5.78 Å². The van der Waals surface area contributed by atoms with Gasteiger partial charge >= 0.3 is 5.97 Å². The van der Waals surface area contributed by atoms with E-state index in [0.29, 0.717) is 28.2 Å². The summed E-state index contributed by atoms with van der Waals surface area (Å²) in [4.78, 5) is 25.3. The quantitative estimate of drug-likeness (QED) is 0.344. The summed E-state index contributed by atoms with van der Waals surface area (Å²) in [5.41, 5.74) is 3.30. The van der Waals surface area contributed by atoms with Gasteiger partial charge in [-0.15, -0.1) is 0 Å². The summed E-state index contributed by atoms with van der Waals surface area (Å²) in [5, 5.41) is 0. The number of ether oxygens (including phenoxy) is 3. The van der Waals surface area contributed by atoms with Crippen molar-refractivity contribution in [3.05, 3.63) is 94.2 Å². The van der Waals surface area contributed by atoms with Crippen molar-refractivity contribution in [2.75, 3.05) is 7.11 Å². The third kappa shape index (κ3) is 3.70. The number of methoxy groups -OCH3 is 1. The molecule has 3 aromatic rings. The van der Waals surface area contributed by atoms with Gasteiger partial charge in [-0.1, -0.05) is 30.3 Å². The molecule has 0 aromatic heterocycles. The van der Waals surface area contributed by atoms with Crippen LogP contribution in [0.5, 0.6) is 17.2 Å². The minimum absolute atomic E-state index is 0.199. The molecule has 0 amide bonds. The zero-order valence-electron chi connectivity index (χ0n) is 16.9. The molecule has 0 spiro atoms. The van der Waals surface area contributed by atoms with Crippen molar-refractivity contribution in [1.82, 2.24) is 0 Å². The molecule has 0 N–H and O–H groups in total. The molecule has 0 bridgehead atoms. The number of carbonyl (C=O) groups excluding carboxylic acids is 2. The highest BCUT2D eigenvalue weighted by Gasteiger charge is 2.30. The van der Waals surface area contributed by atoms with Crippen molar-refractivity contribution in [2.45, 2.75) is 13.8 Å². The summed E-state index contributed by atoms with van der Waals surface area (Å²) < 4.78 is 16.5. The van der Waals surface area contributed by atoms with E-state index >= 15 is 0 Å². The van der Waals surface area contributed by atoms with Gasteiger partial charge in [-0.3, -0.25) is 4.79 Å². The molecular weight excluding hydrogens is 380 g/mol. The Morgan fingerprint density at radius 3 is 2.37 bits per heavy atom. The highest BCUT2D eigenvalue weighted by atomic mass is 16.5. The fraction of sp³-hybridized carbons (Fsp3) is 0.120. The molecule has 1 aliphatic rings. The summed E-state index contributed by atoms with van der Waals surface area (Å²) in [6.45, 7) is 3.64. The molecule has 3 aromatic carbocycles. The second kappa shape index (κ2) is 7.87. The van der Waals surface area contributed by atoms with Crippen LogP contribution in [0.15, 0.2) is 66.4 Å². The summed E-state index contributed by atoms with van der Waals surface area (Å²) in [5.74, 6) is 1.02. The monoisotopic (exact) mass is 400 g/mol. The van der Waals surface area contributed by atoms with E-state index in [0.717, 1.165) is 16.9 Å². The van der Waals surface area contributed by atoms with E-state index in [9.17, 15) is 9.59 Å². The maximum atomic E-state index is 12.8. The average molecular weight is 400 g/mol. The second-order valence-electron chi connectivity index (χ2n) is 7.03. The molecule has 0 unspecified atom stereocenters. The van der Waals surface area contributed by atoms with Gasteiger partial charge in [-0.2, -0.15) is 0 Å². The number of ketones is 1. The number of hydrogen-bond donors (Lipinski definition) is 0. The van der Waals surface area contributed by atoms with Crippen molar-refractivity contribution in [3.8, 4) is 17.2 Å². The van der Waals surface area contributed by atoms with E-state index in [1.807, 2.05) is 43.3 Å². The van der Waals surface area contributed by atoms with Gasteiger partial charge in [0, 0.05) is 6.07 Å². The Hall–Kier alpha value is -3.86. The smallest absolute Gasteiger partial charge is 0.343 e. The number of allylic oxidation sites excluding steroid dienone is 1. The zero-order valence-corrected chi connectivity index (χ0v) is 16.9. The van der Waals surface area contributed by atoms with Gasteiger partial charge < -0.3 is 14.2 Å².